The van der Waals surface area contributed by atoms with Gasteiger partial charge in [-0.15, -0.1) is 0 Å². The third kappa shape index (κ3) is 2.61. The van der Waals surface area contributed by atoms with Gasteiger partial charge in [0.1, 0.15) is 0 Å². The van der Waals surface area contributed by atoms with Crippen molar-refractivity contribution in [2.45, 2.75) is 32.7 Å². The number of nitrogens with one attached hydrogen (secondary N) is 1. The first kappa shape index (κ1) is 9.84. The van der Waals surface area contributed by atoms with E-state index >= 15 is 0 Å². The molecular weight excluding hydrogens is 164 g/mol. The monoisotopic (exact) mass is 180 g/mol. The highest BCUT2D eigenvalue weighted by Gasteiger charge is 2.06. The number of pyridine rings is 1. The van der Waals surface area contributed by atoms with Crippen molar-refractivity contribution in [3.8, 4) is 5.75 Å². The third-order valence-electron chi connectivity index (χ3n) is 2.11. The van der Waals surface area contributed by atoms with Crippen LogP contribution >= 0.6 is 0 Å². The summed E-state index contributed by atoms with van der Waals surface area (Å²) in [7, 11) is 0. The second-order valence-electron chi connectivity index (χ2n) is 3.03. The molecule has 1 heterocycles. The molecule has 1 aromatic heterocycles. The van der Waals surface area contributed by atoms with Gasteiger partial charge in [-0.25, -0.2) is 4.98 Å². The van der Waals surface area contributed by atoms with Crippen LogP contribution in [0.3, 0.4) is 0 Å². The summed E-state index contributed by atoms with van der Waals surface area (Å²) in [6.07, 6.45) is 3.74. The van der Waals surface area contributed by atoms with E-state index in [4.69, 9.17) is 0 Å². The molecular formula is C10H16N2O. The van der Waals surface area contributed by atoms with E-state index < -0.39 is 0 Å². The Morgan fingerprint density at radius 1 is 1.46 bits per heavy atom. The summed E-state index contributed by atoms with van der Waals surface area (Å²) in [5.74, 6) is 0.797. The molecule has 0 fully saturated rings. The molecule has 0 aliphatic heterocycles. The number of hydrogen-bond donors (Lipinski definition) is 2. The van der Waals surface area contributed by atoms with Gasteiger partial charge in [0.25, 0.3) is 0 Å². The average Bonchev–Trinajstić information content (AvgIpc) is 2.17. The van der Waals surface area contributed by atoms with Gasteiger partial charge in [0, 0.05) is 12.2 Å². The van der Waals surface area contributed by atoms with E-state index in [2.05, 4.69) is 24.1 Å². The number of hydrogen-bond acceptors (Lipinski definition) is 3. The number of aromatic nitrogens is 1. The first-order chi connectivity index (χ1) is 6.27. The zero-order valence-electron chi connectivity index (χ0n) is 8.12. The molecule has 0 unspecified atom stereocenters. The summed E-state index contributed by atoms with van der Waals surface area (Å²) < 4.78 is 0. The first-order valence-corrected chi connectivity index (χ1v) is 4.68. The van der Waals surface area contributed by atoms with Gasteiger partial charge < -0.3 is 10.4 Å². The van der Waals surface area contributed by atoms with Crippen molar-refractivity contribution in [3.05, 3.63) is 18.3 Å². The minimum absolute atomic E-state index is 0.217. The van der Waals surface area contributed by atoms with Gasteiger partial charge >= 0.3 is 0 Å². The molecule has 0 bridgehead atoms. The van der Waals surface area contributed by atoms with Crippen LogP contribution in [-0.4, -0.2) is 16.1 Å². The summed E-state index contributed by atoms with van der Waals surface area (Å²) >= 11 is 0. The summed E-state index contributed by atoms with van der Waals surface area (Å²) in [6, 6.07) is 3.74. The second-order valence-corrected chi connectivity index (χ2v) is 3.03. The van der Waals surface area contributed by atoms with Crippen molar-refractivity contribution < 1.29 is 5.11 Å². The molecule has 1 aromatic rings. The normalized spacial score (nSPS) is 10.4. The average molecular weight is 180 g/mol. The Morgan fingerprint density at radius 2 is 2.15 bits per heavy atom. The minimum atomic E-state index is 0.217. The van der Waals surface area contributed by atoms with Gasteiger partial charge in [-0.2, -0.15) is 0 Å². The van der Waals surface area contributed by atoms with Gasteiger partial charge in [0.2, 0.25) is 0 Å². The fraction of sp³-hybridized carbons (Fsp3) is 0.500. The fourth-order valence-electron chi connectivity index (χ4n) is 1.19. The highest BCUT2D eigenvalue weighted by molar-refractivity contribution is 5.48. The maximum atomic E-state index is 9.43. The Bertz CT molecular complexity index is 259. The molecule has 0 spiro atoms. The largest absolute Gasteiger partial charge is 0.504 e. The minimum Gasteiger partial charge on any atom is -0.504 e. The summed E-state index contributed by atoms with van der Waals surface area (Å²) in [4.78, 5) is 4.05. The predicted molar refractivity (Wildman–Crippen MR) is 53.9 cm³/mol. The SMILES string of the molecule is CCC(CC)Nc1ncccc1O. The molecule has 3 nitrogen and oxygen atoms in total. The number of aromatic hydroxyl groups is 1. The van der Waals surface area contributed by atoms with Gasteiger partial charge in [-0.1, -0.05) is 13.8 Å². The van der Waals surface area contributed by atoms with E-state index in [0.717, 1.165) is 12.8 Å². The molecule has 13 heavy (non-hydrogen) atoms. The first-order valence-electron chi connectivity index (χ1n) is 4.68. The van der Waals surface area contributed by atoms with E-state index in [-0.39, 0.29) is 5.75 Å². The van der Waals surface area contributed by atoms with E-state index in [1.165, 1.54) is 0 Å². The molecule has 3 heteroatoms. The van der Waals surface area contributed by atoms with Gasteiger partial charge in [0.05, 0.1) is 0 Å². The van der Waals surface area contributed by atoms with Crippen LogP contribution in [0, 0.1) is 0 Å². The maximum absolute atomic E-state index is 9.43. The topological polar surface area (TPSA) is 45.2 Å². The van der Waals surface area contributed by atoms with Crippen LogP contribution in [0.2, 0.25) is 0 Å². The molecule has 0 amide bonds. The molecule has 1 rings (SSSR count). The molecule has 2 N–H and O–H groups in total. The van der Waals surface area contributed by atoms with Crippen LogP contribution in [0.4, 0.5) is 5.82 Å². The summed E-state index contributed by atoms with van der Waals surface area (Å²) in [5.41, 5.74) is 0. The zero-order chi connectivity index (χ0) is 9.68. The van der Waals surface area contributed by atoms with Gasteiger partial charge in [0.15, 0.2) is 11.6 Å². The Labute approximate surface area is 78.8 Å². The Balaban J connectivity index is 2.67. The van der Waals surface area contributed by atoms with Crippen LogP contribution < -0.4 is 5.32 Å². The lowest BCUT2D eigenvalue weighted by Crippen LogP contribution is -2.17. The molecule has 0 saturated carbocycles. The van der Waals surface area contributed by atoms with Crippen molar-refractivity contribution in [2.24, 2.45) is 0 Å². The predicted octanol–water partition coefficient (Wildman–Crippen LogP) is 2.39. The molecule has 0 aromatic carbocycles. The lowest BCUT2D eigenvalue weighted by atomic mass is 10.2. The van der Waals surface area contributed by atoms with E-state index in [0.29, 0.717) is 11.9 Å². The Kier molecular flexibility index (Phi) is 3.55. The van der Waals surface area contributed by atoms with Crippen LogP contribution in [0.15, 0.2) is 18.3 Å². The molecule has 0 radical (unpaired) electrons. The molecule has 0 saturated heterocycles. The highest BCUT2D eigenvalue weighted by Crippen LogP contribution is 2.20. The maximum Gasteiger partial charge on any atom is 0.168 e. The Morgan fingerprint density at radius 3 is 2.69 bits per heavy atom. The molecule has 0 atom stereocenters. The van der Waals surface area contributed by atoms with Crippen LogP contribution in [-0.2, 0) is 0 Å². The Hall–Kier alpha value is -1.25. The van der Waals surface area contributed by atoms with Crippen LogP contribution in [0.25, 0.3) is 0 Å². The number of anilines is 1. The van der Waals surface area contributed by atoms with Crippen LogP contribution in [0.5, 0.6) is 5.75 Å². The standard InChI is InChI=1S/C10H16N2O/c1-3-8(4-2)12-10-9(13)6-5-7-11-10/h5-8,13H,3-4H2,1-2H3,(H,11,12). The lowest BCUT2D eigenvalue weighted by molar-refractivity contribution is 0.473. The molecule has 0 aliphatic carbocycles. The number of rotatable bonds is 4. The van der Waals surface area contributed by atoms with E-state index in [1.807, 2.05) is 0 Å². The van der Waals surface area contributed by atoms with Crippen molar-refractivity contribution >= 4 is 5.82 Å². The molecule has 0 aliphatic rings. The van der Waals surface area contributed by atoms with Crippen LogP contribution in [0.1, 0.15) is 26.7 Å². The molecule has 72 valence electrons. The summed E-state index contributed by atoms with van der Waals surface area (Å²) in [5, 5.41) is 12.6. The van der Waals surface area contributed by atoms with Crippen molar-refractivity contribution in [1.29, 1.82) is 0 Å². The van der Waals surface area contributed by atoms with Gasteiger partial charge in [-0.05, 0) is 25.0 Å². The van der Waals surface area contributed by atoms with E-state index in [1.54, 1.807) is 18.3 Å². The zero-order valence-corrected chi connectivity index (χ0v) is 8.12. The highest BCUT2D eigenvalue weighted by atomic mass is 16.3. The van der Waals surface area contributed by atoms with E-state index in [9.17, 15) is 5.11 Å². The quantitative estimate of drug-likeness (QED) is 0.747. The second kappa shape index (κ2) is 4.70. The van der Waals surface area contributed by atoms with Gasteiger partial charge in [-0.3, -0.25) is 0 Å². The third-order valence-corrected chi connectivity index (χ3v) is 2.11. The lowest BCUT2D eigenvalue weighted by Gasteiger charge is -2.15. The van der Waals surface area contributed by atoms with Crippen molar-refractivity contribution in [1.82, 2.24) is 4.98 Å². The smallest absolute Gasteiger partial charge is 0.168 e. The fourth-order valence-corrected chi connectivity index (χ4v) is 1.19. The summed E-state index contributed by atoms with van der Waals surface area (Å²) in [6.45, 7) is 4.22. The number of nitrogens with zero attached hydrogens (tertiary/aromatic N) is 1. The van der Waals surface area contributed by atoms with Crippen molar-refractivity contribution in [3.63, 3.8) is 0 Å². The van der Waals surface area contributed by atoms with Crippen molar-refractivity contribution in [2.75, 3.05) is 5.32 Å².